The molecule has 2 aromatic carbocycles. The number of piperidine rings is 1. The summed E-state index contributed by atoms with van der Waals surface area (Å²) in [5.41, 5.74) is 7.60. The van der Waals surface area contributed by atoms with E-state index >= 15 is 0 Å². The lowest BCUT2D eigenvalue weighted by Crippen LogP contribution is -2.47. The molecule has 0 spiro atoms. The van der Waals surface area contributed by atoms with Crippen molar-refractivity contribution in [2.45, 2.75) is 38.6 Å². The van der Waals surface area contributed by atoms with Crippen LogP contribution < -0.4 is 5.73 Å². The van der Waals surface area contributed by atoms with Gasteiger partial charge in [0, 0.05) is 18.5 Å². The third kappa shape index (κ3) is 3.97. The van der Waals surface area contributed by atoms with E-state index in [9.17, 15) is 19.1 Å². The molecule has 0 aliphatic carbocycles. The van der Waals surface area contributed by atoms with Gasteiger partial charge in [0.25, 0.3) is 5.91 Å². The first kappa shape index (κ1) is 20.8. The van der Waals surface area contributed by atoms with Gasteiger partial charge in [-0.1, -0.05) is 26.0 Å². The molecule has 31 heavy (non-hydrogen) atoms. The maximum atomic E-state index is 14.2. The number of nitrogens with zero attached hydrogens (tertiary/aromatic N) is 2. The number of hydrogen-bond acceptors (Lipinski definition) is 4. The molecule has 1 aromatic heterocycles. The molecule has 0 radical (unpaired) electrons. The first-order chi connectivity index (χ1) is 14.7. The Hall–Kier alpha value is -3.42. The summed E-state index contributed by atoms with van der Waals surface area (Å²) in [6.45, 7) is 4.48. The molecule has 3 aromatic rings. The number of halogens is 1. The van der Waals surface area contributed by atoms with Gasteiger partial charge in [0.2, 0.25) is 0 Å². The fourth-order valence-corrected chi connectivity index (χ4v) is 4.28. The van der Waals surface area contributed by atoms with Crippen LogP contribution in [-0.4, -0.2) is 39.6 Å². The third-order valence-corrected chi connectivity index (χ3v) is 5.98. The fourth-order valence-electron chi connectivity index (χ4n) is 4.28. The maximum Gasteiger partial charge on any atom is 0.407 e. The van der Waals surface area contributed by atoms with E-state index in [1.165, 1.54) is 17.0 Å². The van der Waals surface area contributed by atoms with E-state index in [-0.39, 0.29) is 23.4 Å². The number of primary amides is 1. The Bertz CT molecular complexity index is 1160. The average molecular weight is 425 g/mol. The van der Waals surface area contributed by atoms with Gasteiger partial charge in [-0.15, -0.1) is 0 Å². The van der Waals surface area contributed by atoms with Crippen molar-refractivity contribution in [2.75, 3.05) is 6.54 Å². The summed E-state index contributed by atoms with van der Waals surface area (Å²) in [6, 6.07) is 9.60. The van der Waals surface area contributed by atoms with Crippen LogP contribution in [0.4, 0.5) is 9.18 Å². The minimum atomic E-state index is -0.894. The predicted octanol–water partition coefficient (Wildman–Crippen LogP) is 4.61. The molecule has 2 heterocycles. The molecule has 1 aliphatic heterocycles. The standard InChI is InChI=1S/C23H24FN3O4/c1-12(2)19-10-15(7-8-27(19)23(29)30)22-26-18-6-4-14(11-20(18)31-22)13-3-5-16(21(25)28)17(24)9-13/h3-6,9,11-12,15,19H,7-8,10H2,1-2H3,(H2,25,28)(H,29,30). The van der Waals surface area contributed by atoms with E-state index in [1.807, 2.05) is 26.0 Å². The summed E-state index contributed by atoms with van der Waals surface area (Å²) in [6.07, 6.45) is 0.409. The van der Waals surface area contributed by atoms with Gasteiger partial charge < -0.3 is 20.2 Å². The van der Waals surface area contributed by atoms with Crippen LogP contribution in [0.15, 0.2) is 40.8 Å². The third-order valence-electron chi connectivity index (χ3n) is 5.98. The number of fused-ring (bicyclic) bond motifs is 1. The predicted molar refractivity (Wildman–Crippen MR) is 113 cm³/mol. The number of hydrogen-bond donors (Lipinski definition) is 2. The molecule has 1 fully saturated rings. The van der Waals surface area contributed by atoms with E-state index in [2.05, 4.69) is 4.98 Å². The van der Waals surface area contributed by atoms with Crippen LogP contribution in [0.2, 0.25) is 0 Å². The van der Waals surface area contributed by atoms with E-state index in [0.29, 0.717) is 41.9 Å². The molecule has 0 saturated carbocycles. The molecule has 8 heteroatoms. The van der Waals surface area contributed by atoms with Gasteiger partial charge in [-0.2, -0.15) is 0 Å². The molecular formula is C23H24FN3O4. The van der Waals surface area contributed by atoms with Crippen LogP contribution in [0.5, 0.6) is 0 Å². The van der Waals surface area contributed by atoms with Crippen molar-refractivity contribution in [3.63, 3.8) is 0 Å². The molecule has 4 rings (SSSR count). The van der Waals surface area contributed by atoms with Crippen LogP contribution in [0, 0.1) is 11.7 Å². The summed E-state index contributed by atoms with van der Waals surface area (Å²) in [7, 11) is 0. The normalized spacial score (nSPS) is 19.2. The van der Waals surface area contributed by atoms with Crippen molar-refractivity contribution in [3.05, 3.63) is 53.7 Å². The lowest BCUT2D eigenvalue weighted by Gasteiger charge is -2.39. The van der Waals surface area contributed by atoms with Gasteiger partial charge in [-0.05, 0) is 54.2 Å². The number of carboxylic acid groups (broad SMARTS) is 1. The van der Waals surface area contributed by atoms with E-state index in [4.69, 9.17) is 10.2 Å². The zero-order valence-corrected chi connectivity index (χ0v) is 17.3. The summed E-state index contributed by atoms with van der Waals surface area (Å²) in [5, 5.41) is 9.47. The van der Waals surface area contributed by atoms with Gasteiger partial charge in [-0.25, -0.2) is 14.2 Å². The highest BCUT2D eigenvalue weighted by atomic mass is 19.1. The number of likely N-dealkylation sites (tertiary alicyclic amines) is 1. The summed E-state index contributed by atoms with van der Waals surface area (Å²) in [4.78, 5) is 28.9. The summed E-state index contributed by atoms with van der Waals surface area (Å²) >= 11 is 0. The molecule has 0 bridgehead atoms. The average Bonchev–Trinajstić information content (AvgIpc) is 3.16. The van der Waals surface area contributed by atoms with Gasteiger partial charge in [0.05, 0.1) is 5.56 Å². The van der Waals surface area contributed by atoms with E-state index < -0.39 is 17.8 Å². The van der Waals surface area contributed by atoms with Crippen molar-refractivity contribution >= 4 is 23.1 Å². The number of rotatable bonds is 4. The van der Waals surface area contributed by atoms with Crippen LogP contribution in [-0.2, 0) is 0 Å². The largest absolute Gasteiger partial charge is 0.465 e. The molecule has 2 atom stereocenters. The Labute approximate surface area is 178 Å². The van der Waals surface area contributed by atoms with Crippen molar-refractivity contribution in [1.29, 1.82) is 0 Å². The van der Waals surface area contributed by atoms with Crippen LogP contribution in [0.25, 0.3) is 22.2 Å². The topological polar surface area (TPSA) is 110 Å². The second-order valence-corrected chi connectivity index (χ2v) is 8.30. The summed E-state index contributed by atoms with van der Waals surface area (Å²) in [5.74, 6) is -0.668. The number of oxazole rings is 1. The molecule has 2 amide bonds. The first-order valence-corrected chi connectivity index (χ1v) is 10.2. The Morgan fingerprint density at radius 2 is 1.94 bits per heavy atom. The van der Waals surface area contributed by atoms with E-state index in [1.54, 1.807) is 12.1 Å². The number of benzene rings is 2. The van der Waals surface area contributed by atoms with Gasteiger partial charge in [0.15, 0.2) is 11.5 Å². The van der Waals surface area contributed by atoms with Crippen LogP contribution in [0.3, 0.4) is 0 Å². The minimum Gasteiger partial charge on any atom is -0.465 e. The van der Waals surface area contributed by atoms with Crippen molar-refractivity contribution in [2.24, 2.45) is 11.7 Å². The highest BCUT2D eigenvalue weighted by Crippen LogP contribution is 2.36. The first-order valence-electron chi connectivity index (χ1n) is 10.2. The van der Waals surface area contributed by atoms with Crippen molar-refractivity contribution in [3.8, 4) is 11.1 Å². The number of nitrogens with two attached hydrogens (primary N) is 1. The fraction of sp³-hybridized carbons (Fsp3) is 0.348. The highest BCUT2D eigenvalue weighted by molar-refractivity contribution is 5.93. The number of carbonyl (C=O) groups is 2. The highest BCUT2D eigenvalue weighted by Gasteiger charge is 2.35. The SMILES string of the molecule is CC(C)C1CC(c2nc3ccc(-c4ccc(C(N)=O)c(F)c4)cc3o2)CCN1C(=O)O. The number of amides is 2. The molecule has 162 valence electrons. The van der Waals surface area contributed by atoms with Gasteiger partial charge in [0.1, 0.15) is 11.3 Å². The van der Waals surface area contributed by atoms with Gasteiger partial charge >= 0.3 is 6.09 Å². The Balaban J connectivity index is 1.62. The number of aromatic nitrogens is 1. The Morgan fingerprint density at radius 3 is 2.58 bits per heavy atom. The molecule has 1 aliphatic rings. The van der Waals surface area contributed by atoms with Gasteiger partial charge in [-0.3, -0.25) is 4.79 Å². The minimum absolute atomic E-state index is 0.0335. The van der Waals surface area contributed by atoms with Crippen LogP contribution in [0.1, 0.15) is 48.9 Å². The monoisotopic (exact) mass is 425 g/mol. The lowest BCUT2D eigenvalue weighted by atomic mass is 9.85. The maximum absolute atomic E-state index is 14.2. The van der Waals surface area contributed by atoms with E-state index in [0.717, 1.165) is 5.56 Å². The second kappa shape index (κ2) is 8.02. The number of carbonyl (C=O) groups excluding carboxylic acids is 1. The summed E-state index contributed by atoms with van der Waals surface area (Å²) < 4.78 is 20.2. The quantitative estimate of drug-likeness (QED) is 0.634. The van der Waals surface area contributed by atoms with Crippen molar-refractivity contribution < 1.29 is 23.5 Å². The molecule has 7 nitrogen and oxygen atoms in total. The second-order valence-electron chi connectivity index (χ2n) is 8.30. The Morgan fingerprint density at radius 1 is 1.23 bits per heavy atom. The Kier molecular flexibility index (Phi) is 5.39. The molecule has 3 N–H and O–H groups in total. The molecular weight excluding hydrogens is 401 g/mol. The van der Waals surface area contributed by atoms with Crippen LogP contribution >= 0.6 is 0 Å². The molecule has 1 saturated heterocycles. The lowest BCUT2D eigenvalue weighted by molar-refractivity contribution is 0.0794. The zero-order chi connectivity index (χ0) is 22.3. The zero-order valence-electron chi connectivity index (χ0n) is 17.3. The smallest absolute Gasteiger partial charge is 0.407 e. The molecule has 2 unspecified atom stereocenters. The van der Waals surface area contributed by atoms with Crippen molar-refractivity contribution in [1.82, 2.24) is 9.88 Å².